The van der Waals surface area contributed by atoms with Gasteiger partial charge in [-0.25, -0.2) is 0 Å². The highest BCUT2D eigenvalue weighted by atomic mass is 32.2. The van der Waals surface area contributed by atoms with Gasteiger partial charge in [-0.05, 0) is 31.0 Å². The minimum Gasteiger partial charge on any atom is -0.281 e. The number of hydrogen-bond donors (Lipinski definition) is 1. The van der Waals surface area contributed by atoms with Crippen LogP contribution in [0.15, 0.2) is 0 Å². The van der Waals surface area contributed by atoms with Crippen molar-refractivity contribution in [2.45, 2.75) is 40.0 Å². The van der Waals surface area contributed by atoms with E-state index in [1.54, 1.807) is 11.8 Å². The van der Waals surface area contributed by atoms with Gasteiger partial charge in [0, 0.05) is 5.75 Å². The summed E-state index contributed by atoms with van der Waals surface area (Å²) < 4.78 is 2.29. The average molecular weight is 203 g/mol. The summed E-state index contributed by atoms with van der Waals surface area (Å²) in [5, 5.41) is 1.01. The van der Waals surface area contributed by atoms with Gasteiger partial charge in [0.2, 0.25) is 0 Å². The molecule has 0 aromatic heterocycles. The normalized spacial score (nSPS) is 10.1. The van der Waals surface area contributed by atoms with Crippen molar-refractivity contribution in [3.8, 4) is 0 Å². The Labute approximate surface area is 86.6 Å². The Kier molecular flexibility index (Phi) is 8.30. The second-order valence-electron chi connectivity index (χ2n) is 3.17. The first-order valence-electron chi connectivity index (χ1n) is 5.26. The summed E-state index contributed by atoms with van der Waals surface area (Å²) in [5.74, 6) is 1.13. The Morgan fingerprint density at radius 1 is 1.08 bits per heavy atom. The molecular formula is C10H23N2S+. The summed E-state index contributed by atoms with van der Waals surface area (Å²) in [6.07, 6.45) is 3.54. The molecule has 0 aromatic rings. The second-order valence-corrected chi connectivity index (χ2v) is 4.29. The van der Waals surface area contributed by atoms with E-state index < -0.39 is 0 Å². The number of rotatable bonds is 6. The fraction of sp³-hybridized carbons (Fsp3) is 0.900. The number of hydrogen-bond acceptors (Lipinski definition) is 1. The Bertz CT molecular complexity index is 147. The number of nitrogens with zero attached hydrogens (tertiary/aromatic N) is 1. The average Bonchev–Trinajstić information content (AvgIpc) is 2.14. The van der Waals surface area contributed by atoms with Gasteiger partial charge in [0.05, 0.1) is 13.1 Å². The zero-order valence-corrected chi connectivity index (χ0v) is 9.99. The highest BCUT2D eigenvalue weighted by molar-refractivity contribution is 8.13. The van der Waals surface area contributed by atoms with Gasteiger partial charge in [-0.3, -0.25) is 10.3 Å². The van der Waals surface area contributed by atoms with Gasteiger partial charge in [-0.1, -0.05) is 20.8 Å². The van der Waals surface area contributed by atoms with E-state index in [-0.39, 0.29) is 0 Å². The van der Waals surface area contributed by atoms with Gasteiger partial charge in [-0.15, -0.1) is 0 Å². The minimum atomic E-state index is 1.01. The fourth-order valence-electron chi connectivity index (χ4n) is 1.17. The van der Waals surface area contributed by atoms with Crippen LogP contribution >= 0.6 is 11.8 Å². The highest BCUT2D eigenvalue weighted by Crippen LogP contribution is 2.02. The molecule has 0 atom stereocenters. The maximum Gasteiger partial charge on any atom is 0.304 e. The zero-order chi connectivity index (χ0) is 10.1. The van der Waals surface area contributed by atoms with E-state index >= 15 is 0 Å². The van der Waals surface area contributed by atoms with Crippen molar-refractivity contribution in [2.24, 2.45) is 5.73 Å². The van der Waals surface area contributed by atoms with E-state index in [0.29, 0.717) is 0 Å². The summed E-state index contributed by atoms with van der Waals surface area (Å²) >= 11 is 1.78. The number of amidine groups is 1. The smallest absolute Gasteiger partial charge is 0.281 e. The predicted octanol–water partition coefficient (Wildman–Crippen LogP) is 2.28. The van der Waals surface area contributed by atoms with Crippen LogP contribution in [0.1, 0.15) is 40.0 Å². The van der Waals surface area contributed by atoms with Crippen molar-refractivity contribution in [3.05, 3.63) is 0 Å². The lowest BCUT2D eigenvalue weighted by atomic mass is 10.4. The lowest BCUT2D eigenvalue weighted by Crippen LogP contribution is -2.27. The highest BCUT2D eigenvalue weighted by Gasteiger charge is 2.06. The summed E-state index contributed by atoms with van der Waals surface area (Å²) in [6.45, 7) is 8.76. The van der Waals surface area contributed by atoms with Crippen LogP contribution in [0.3, 0.4) is 0 Å². The van der Waals surface area contributed by atoms with Crippen molar-refractivity contribution in [1.29, 1.82) is 0 Å². The molecule has 78 valence electrons. The van der Waals surface area contributed by atoms with Crippen molar-refractivity contribution in [3.63, 3.8) is 0 Å². The van der Waals surface area contributed by atoms with Gasteiger partial charge in [0.15, 0.2) is 0 Å². The van der Waals surface area contributed by atoms with E-state index in [1.165, 1.54) is 19.3 Å². The third-order valence-corrected chi connectivity index (χ3v) is 2.92. The molecule has 13 heavy (non-hydrogen) atoms. The molecule has 0 saturated carbocycles. The van der Waals surface area contributed by atoms with Crippen LogP contribution in [-0.2, 0) is 0 Å². The van der Waals surface area contributed by atoms with Crippen molar-refractivity contribution >= 4 is 16.9 Å². The van der Waals surface area contributed by atoms with Crippen molar-refractivity contribution in [2.75, 3.05) is 18.8 Å². The van der Waals surface area contributed by atoms with Crippen LogP contribution in [0, 0.1) is 0 Å². The van der Waals surface area contributed by atoms with E-state index in [4.69, 9.17) is 5.73 Å². The molecule has 0 aliphatic carbocycles. The molecule has 0 aliphatic rings. The van der Waals surface area contributed by atoms with Crippen LogP contribution < -0.4 is 5.73 Å². The maximum atomic E-state index is 5.98. The number of nitrogens with two attached hydrogens (primary N) is 1. The number of thioether (sulfide) groups is 1. The van der Waals surface area contributed by atoms with Gasteiger partial charge in [-0.2, -0.15) is 0 Å². The lowest BCUT2D eigenvalue weighted by Gasteiger charge is -2.06. The molecule has 0 aliphatic heterocycles. The molecule has 2 nitrogen and oxygen atoms in total. The minimum absolute atomic E-state index is 1.01. The third kappa shape index (κ3) is 5.97. The summed E-state index contributed by atoms with van der Waals surface area (Å²) in [7, 11) is 0. The molecule has 0 aromatic carbocycles. The summed E-state index contributed by atoms with van der Waals surface area (Å²) in [4.78, 5) is 0. The van der Waals surface area contributed by atoms with Gasteiger partial charge >= 0.3 is 5.17 Å². The standard InChI is InChI=1S/C10H22N2S/c1-4-7-12(8-5-2)10(11)13-9-6-3/h11H,4-9H2,1-3H3/p+1. The zero-order valence-electron chi connectivity index (χ0n) is 9.18. The SMILES string of the molecule is CCCSC(N)=[N+](CCC)CCC. The molecule has 0 saturated heterocycles. The van der Waals surface area contributed by atoms with Gasteiger partial charge in [0.25, 0.3) is 0 Å². The van der Waals surface area contributed by atoms with Crippen LogP contribution in [0.5, 0.6) is 0 Å². The van der Waals surface area contributed by atoms with E-state index in [9.17, 15) is 0 Å². The fourth-order valence-corrected chi connectivity index (χ4v) is 1.95. The first kappa shape index (κ1) is 12.8. The molecule has 0 radical (unpaired) electrons. The van der Waals surface area contributed by atoms with E-state index in [1.807, 2.05) is 0 Å². The molecule has 0 fully saturated rings. The Morgan fingerprint density at radius 3 is 2.00 bits per heavy atom. The molecule has 0 heterocycles. The van der Waals surface area contributed by atoms with Crippen LogP contribution in [0.25, 0.3) is 0 Å². The van der Waals surface area contributed by atoms with Crippen LogP contribution in [-0.4, -0.2) is 28.6 Å². The third-order valence-electron chi connectivity index (χ3n) is 1.75. The molecule has 2 N–H and O–H groups in total. The van der Waals surface area contributed by atoms with Gasteiger partial charge in [0.1, 0.15) is 0 Å². The summed E-state index contributed by atoms with van der Waals surface area (Å²) in [6, 6.07) is 0. The quantitative estimate of drug-likeness (QED) is 0.408. The van der Waals surface area contributed by atoms with Crippen LogP contribution in [0.2, 0.25) is 0 Å². The Morgan fingerprint density at radius 2 is 1.62 bits per heavy atom. The second kappa shape index (κ2) is 8.42. The van der Waals surface area contributed by atoms with Gasteiger partial charge < -0.3 is 0 Å². The van der Waals surface area contributed by atoms with E-state index in [2.05, 4.69) is 25.3 Å². The van der Waals surface area contributed by atoms with Crippen molar-refractivity contribution < 1.29 is 4.58 Å². The molecule has 3 heteroatoms. The monoisotopic (exact) mass is 203 g/mol. The Hall–Kier alpha value is -0.180. The molecule has 0 amide bonds. The molecule has 0 rings (SSSR count). The van der Waals surface area contributed by atoms with Crippen LogP contribution in [0.4, 0.5) is 0 Å². The first-order valence-corrected chi connectivity index (χ1v) is 6.24. The summed E-state index contributed by atoms with van der Waals surface area (Å²) in [5.41, 5.74) is 5.98. The molecule has 0 spiro atoms. The maximum absolute atomic E-state index is 5.98. The Balaban J connectivity index is 4.08. The largest absolute Gasteiger partial charge is 0.304 e. The topological polar surface area (TPSA) is 29.0 Å². The van der Waals surface area contributed by atoms with Crippen molar-refractivity contribution in [1.82, 2.24) is 0 Å². The molecule has 0 unspecified atom stereocenters. The first-order chi connectivity index (χ1) is 6.26. The van der Waals surface area contributed by atoms with E-state index in [0.717, 1.165) is 24.0 Å². The molecular weight excluding hydrogens is 180 g/mol. The molecule has 0 bridgehead atoms. The predicted molar refractivity (Wildman–Crippen MR) is 62.5 cm³/mol. The lowest BCUT2D eigenvalue weighted by molar-refractivity contribution is -0.526.